The lowest BCUT2D eigenvalue weighted by Gasteiger charge is -2.08. The minimum Gasteiger partial charge on any atom is -0.310 e. The molecule has 0 atom stereocenters. The molecule has 0 radical (unpaired) electrons. The van der Waals surface area contributed by atoms with Gasteiger partial charge in [-0.25, -0.2) is 0 Å². The zero-order valence-electron chi connectivity index (χ0n) is 9.24. The van der Waals surface area contributed by atoms with Crippen molar-refractivity contribution < 1.29 is 22.8 Å². The number of nitro benzene ring substituents is 1. The molecular weight excluding hydrogens is 253 g/mol. The Kier molecular flexibility index (Phi) is 5.05. The average molecular weight is 264 g/mol. The molecule has 0 bridgehead atoms. The molecule has 18 heavy (non-hydrogen) atoms. The Bertz CT molecular complexity index is 392. The summed E-state index contributed by atoms with van der Waals surface area (Å²) in [5.74, 6) is 0. The van der Waals surface area contributed by atoms with Crippen LogP contribution < -0.4 is 5.32 Å². The smallest absolute Gasteiger partial charge is 0.310 e. The third kappa shape index (κ3) is 5.60. The van der Waals surface area contributed by atoms with Crippen LogP contribution in [0.4, 0.5) is 18.9 Å². The molecule has 0 fully saturated rings. The summed E-state index contributed by atoms with van der Waals surface area (Å²) in [5, 5.41) is 13.1. The van der Waals surface area contributed by atoms with E-state index in [1.54, 1.807) is 0 Å². The van der Waals surface area contributed by atoms with Gasteiger partial charge in [0.2, 0.25) is 0 Å². The molecule has 8 heteroatoms. The second-order valence-corrected chi connectivity index (χ2v) is 3.39. The Balaban J connectivity index is 2.25. The molecule has 100 valence electrons. The summed E-state index contributed by atoms with van der Waals surface area (Å²) in [7, 11) is 0. The van der Waals surface area contributed by atoms with E-state index in [0.717, 1.165) is 5.56 Å². The van der Waals surface area contributed by atoms with Crippen molar-refractivity contribution in [3.05, 3.63) is 39.9 Å². The Morgan fingerprint density at radius 1 is 1.28 bits per heavy atom. The maximum absolute atomic E-state index is 11.6. The molecule has 1 N–H and O–H groups in total. The number of ether oxygens (including phenoxy) is 1. The van der Waals surface area contributed by atoms with Crippen LogP contribution in [-0.2, 0) is 11.3 Å². The molecule has 0 saturated heterocycles. The van der Waals surface area contributed by atoms with E-state index in [-0.39, 0.29) is 12.2 Å². The van der Waals surface area contributed by atoms with E-state index in [9.17, 15) is 23.3 Å². The van der Waals surface area contributed by atoms with Gasteiger partial charge in [0, 0.05) is 25.2 Å². The van der Waals surface area contributed by atoms with Crippen LogP contribution in [0.3, 0.4) is 0 Å². The van der Waals surface area contributed by atoms with Gasteiger partial charge in [0.1, 0.15) is 0 Å². The van der Waals surface area contributed by atoms with Crippen LogP contribution in [0, 0.1) is 10.1 Å². The summed E-state index contributed by atoms with van der Waals surface area (Å²) in [5.41, 5.74) is 0.715. The summed E-state index contributed by atoms with van der Waals surface area (Å²) in [6.07, 6.45) is -4.62. The van der Waals surface area contributed by atoms with Gasteiger partial charge in [0.15, 0.2) is 0 Å². The lowest BCUT2D eigenvalue weighted by molar-refractivity contribution is -0.384. The van der Waals surface area contributed by atoms with E-state index in [4.69, 9.17) is 0 Å². The molecule has 0 aliphatic rings. The van der Waals surface area contributed by atoms with Crippen molar-refractivity contribution in [3.8, 4) is 0 Å². The van der Waals surface area contributed by atoms with Gasteiger partial charge in [0.25, 0.3) is 5.69 Å². The van der Waals surface area contributed by atoms with Crippen LogP contribution in [0.15, 0.2) is 24.3 Å². The fourth-order valence-corrected chi connectivity index (χ4v) is 1.21. The van der Waals surface area contributed by atoms with Gasteiger partial charge in [-0.05, 0) is 5.56 Å². The fourth-order valence-electron chi connectivity index (χ4n) is 1.21. The largest absolute Gasteiger partial charge is 0.522 e. The number of non-ortho nitro benzene ring substituents is 1. The van der Waals surface area contributed by atoms with Gasteiger partial charge < -0.3 is 5.32 Å². The number of hydrogen-bond acceptors (Lipinski definition) is 4. The number of halogens is 3. The van der Waals surface area contributed by atoms with Crippen molar-refractivity contribution in [2.24, 2.45) is 0 Å². The van der Waals surface area contributed by atoms with Crippen molar-refractivity contribution in [1.29, 1.82) is 0 Å². The van der Waals surface area contributed by atoms with Crippen LogP contribution in [-0.4, -0.2) is 24.4 Å². The predicted molar refractivity (Wildman–Crippen MR) is 56.8 cm³/mol. The molecule has 1 aromatic rings. The molecule has 0 aromatic heterocycles. The van der Waals surface area contributed by atoms with E-state index < -0.39 is 17.9 Å². The number of nitrogens with zero attached hydrogens (tertiary/aromatic N) is 1. The second-order valence-electron chi connectivity index (χ2n) is 3.39. The molecule has 5 nitrogen and oxygen atoms in total. The highest BCUT2D eigenvalue weighted by atomic mass is 19.4. The third-order valence-electron chi connectivity index (χ3n) is 2.02. The van der Waals surface area contributed by atoms with E-state index in [1.165, 1.54) is 24.3 Å². The highest BCUT2D eigenvalue weighted by Crippen LogP contribution is 2.15. The first-order chi connectivity index (χ1) is 8.38. The number of nitro groups is 1. The van der Waals surface area contributed by atoms with Crippen molar-refractivity contribution >= 4 is 5.69 Å². The molecular formula is C10H11F3N2O3. The average Bonchev–Trinajstić information content (AvgIpc) is 2.27. The highest BCUT2D eigenvalue weighted by Gasteiger charge is 2.28. The molecule has 0 aliphatic carbocycles. The van der Waals surface area contributed by atoms with E-state index in [0.29, 0.717) is 6.54 Å². The van der Waals surface area contributed by atoms with Crippen LogP contribution >= 0.6 is 0 Å². The normalized spacial score (nSPS) is 11.5. The Hall–Kier alpha value is -1.67. The molecule has 0 amide bonds. The number of nitrogens with one attached hydrogen (secondary N) is 1. The van der Waals surface area contributed by atoms with Gasteiger partial charge in [-0.1, -0.05) is 12.1 Å². The molecule has 0 unspecified atom stereocenters. The summed E-state index contributed by atoms with van der Waals surface area (Å²) in [4.78, 5) is 9.85. The molecule has 0 spiro atoms. The minimum atomic E-state index is -4.62. The Labute approximate surface area is 101 Å². The number of hydrogen-bond donors (Lipinski definition) is 1. The van der Waals surface area contributed by atoms with Crippen LogP contribution in [0.5, 0.6) is 0 Å². The second kappa shape index (κ2) is 6.31. The summed E-state index contributed by atoms with van der Waals surface area (Å²) in [6.45, 7) is -0.119. The van der Waals surface area contributed by atoms with Gasteiger partial charge in [-0.2, -0.15) is 0 Å². The van der Waals surface area contributed by atoms with E-state index >= 15 is 0 Å². The maximum Gasteiger partial charge on any atom is 0.522 e. The van der Waals surface area contributed by atoms with Crippen LogP contribution in [0.1, 0.15) is 5.56 Å². The maximum atomic E-state index is 11.6. The molecule has 0 saturated carbocycles. The van der Waals surface area contributed by atoms with Crippen LogP contribution in [0.25, 0.3) is 0 Å². The summed E-state index contributed by atoms with van der Waals surface area (Å²) < 4.78 is 38.4. The number of alkyl halides is 3. The van der Waals surface area contributed by atoms with Crippen molar-refractivity contribution in [1.82, 2.24) is 5.32 Å². The number of benzene rings is 1. The molecule has 0 heterocycles. The van der Waals surface area contributed by atoms with E-state index in [1.807, 2.05) is 0 Å². The number of rotatable bonds is 6. The highest BCUT2D eigenvalue weighted by molar-refractivity contribution is 5.32. The first kappa shape index (κ1) is 14.4. The first-order valence-corrected chi connectivity index (χ1v) is 5.03. The van der Waals surface area contributed by atoms with Gasteiger partial charge >= 0.3 is 6.36 Å². The third-order valence-corrected chi connectivity index (χ3v) is 2.02. The SMILES string of the molecule is O=[N+]([O-])c1ccc(CNCCOC(F)(F)F)cc1. The fraction of sp³-hybridized carbons (Fsp3) is 0.400. The summed E-state index contributed by atoms with van der Waals surface area (Å²) in [6, 6.07) is 5.75. The topological polar surface area (TPSA) is 64.4 Å². The van der Waals surface area contributed by atoms with Gasteiger partial charge in [-0.15, -0.1) is 13.2 Å². The van der Waals surface area contributed by atoms with Gasteiger partial charge in [0.05, 0.1) is 11.5 Å². The molecule has 0 aliphatic heterocycles. The zero-order chi connectivity index (χ0) is 13.6. The summed E-state index contributed by atoms with van der Waals surface area (Å²) >= 11 is 0. The minimum absolute atomic E-state index is 0.0286. The zero-order valence-corrected chi connectivity index (χ0v) is 9.24. The van der Waals surface area contributed by atoms with Gasteiger partial charge in [-0.3, -0.25) is 14.9 Å². The standard InChI is InChI=1S/C10H11F3N2O3/c11-10(12,13)18-6-5-14-7-8-1-3-9(4-2-8)15(16)17/h1-4,14H,5-7H2. The van der Waals surface area contributed by atoms with Crippen molar-refractivity contribution in [3.63, 3.8) is 0 Å². The molecule has 1 aromatic carbocycles. The van der Waals surface area contributed by atoms with Crippen molar-refractivity contribution in [2.75, 3.05) is 13.2 Å². The lowest BCUT2D eigenvalue weighted by atomic mass is 10.2. The van der Waals surface area contributed by atoms with Crippen molar-refractivity contribution in [2.45, 2.75) is 12.9 Å². The first-order valence-electron chi connectivity index (χ1n) is 5.03. The quantitative estimate of drug-likeness (QED) is 0.486. The van der Waals surface area contributed by atoms with Crippen LogP contribution in [0.2, 0.25) is 0 Å². The lowest BCUT2D eigenvalue weighted by Crippen LogP contribution is -2.23. The Morgan fingerprint density at radius 2 is 1.89 bits per heavy atom. The molecule has 1 rings (SSSR count). The monoisotopic (exact) mass is 264 g/mol. The predicted octanol–water partition coefficient (Wildman–Crippen LogP) is 2.22. The van der Waals surface area contributed by atoms with E-state index in [2.05, 4.69) is 10.1 Å². The Morgan fingerprint density at radius 3 is 2.39 bits per heavy atom.